The second-order valence-corrected chi connectivity index (χ2v) is 13.7. The highest BCUT2D eigenvalue weighted by atomic mass is 15.0. The van der Waals surface area contributed by atoms with Crippen molar-refractivity contribution in [2.24, 2.45) is 0 Å². The number of benzene rings is 8. The molecule has 0 bridgehead atoms. The van der Waals surface area contributed by atoms with E-state index >= 15 is 0 Å². The van der Waals surface area contributed by atoms with Gasteiger partial charge in [-0.1, -0.05) is 121 Å². The van der Waals surface area contributed by atoms with Crippen molar-refractivity contribution >= 4 is 71.1 Å². The zero-order chi connectivity index (χ0) is 32.8. The molecule has 1 aliphatic carbocycles. The molecular formula is C48H32N2. The van der Waals surface area contributed by atoms with Crippen LogP contribution in [0.5, 0.6) is 0 Å². The Labute approximate surface area is 289 Å². The number of nitrogens with zero attached hydrogens (tertiary/aromatic N) is 2. The van der Waals surface area contributed by atoms with Gasteiger partial charge in [-0.25, -0.2) is 0 Å². The predicted octanol–water partition coefficient (Wildman–Crippen LogP) is 12.5. The number of para-hydroxylation sites is 3. The predicted molar refractivity (Wildman–Crippen MR) is 212 cm³/mol. The molecule has 1 aliphatic rings. The van der Waals surface area contributed by atoms with Gasteiger partial charge in [-0.05, 0) is 104 Å². The number of aromatic nitrogens is 2. The van der Waals surface area contributed by atoms with Crippen LogP contribution in [-0.2, 0) is 6.42 Å². The molecule has 2 aromatic heterocycles. The van der Waals surface area contributed by atoms with Crippen molar-refractivity contribution in [3.63, 3.8) is 0 Å². The van der Waals surface area contributed by atoms with E-state index in [1.54, 1.807) is 0 Å². The maximum atomic E-state index is 2.48. The minimum Gasteiger partial charge on any atom is -0.310 e. The van der Waals surface area contributed by atoms with Crippen LogP contribution in [0.25, 0.3) is 82.5 Å². The van der Waals surface area contributed by atoms with Crippen molar-refractivity contribution in [3.8, 4) is 11.4 Å². The summed E-state index contributed by atoms with van der Waals surface area (Å²) in [5.41, 5.74) is 10.1. The molecule has 11 rings (SSSR count). The third kappa shape index (κ3) is 3.90. The highest BCUT2D eigenvalue weighted by Crippen LogP contribution is 2.42. The van der Waals surface area contributed by atoms with Gasteiger partial charge in [0.1, 0.15) is 0 Å². The van der Waals surface area contributed by atoms with Gasteiger partial charge in [-0.15, -0.1) is 0 Å². The molecule has 0 N–H and O–H groups in total. The lowest BCUT2D eigenvalue weighted by Gasteiger charge is -2.21. The molecule has 8 aromatic carbocycles. The van der Waals surface area contributed by atoms with E-state index in [9.17, 15) is 0 Å². The zero-order valence-corrected chi connectivity index (χ0v) is 27.4. The summed E-state index contributed by atoms with van der Waals surface area (Å²) in [5, 5.41) is 11.8. The van der Waals surface area contributed by atoms with Gasteiger partial charge in [0, 0.05) is 39.1 Å². The minimum absolute atomic E-state index is 0.294. The van der Waals surface area contributed by atoms with E-state index in [1.165, 1.54) is 93.2 Å². The highest BCUT2D eigenvalue weighted by Gasteiger charge is 2.25. The number of hydrogen-bond donors (Lipinski definition) is 0. The first-order valence-corrected chi connectivity index (χ1v) is 17.5. The smallest absolute Gasteiger partial charge is 0.0542 e. The van der Waals surface area contributed by atoms with Crippen molar-refractivity contribution in [1.29, 1.82) is 0 Å². The summed E-state index contributed by atoms with van der Waals surface area (Å²) in [4.78, 5) is 0. The molecule has 50 heavy (non-hydrogen) atoms. The Balaban J connectivity index is 1.07. The second kappa shape index (κ2) is 10.6. The quantitative estimate of drug-likeness (QED) is 0.171. The fraction of sp³-hybridized carbons (Fsp3) is 0.0417. The molecule has 10 aromatic rings. The highest BCUT2D eigenvalue weighted by molar-refractivity contribution is 6.25. The Morgan fingerprint density at radius 2 is 0.940 bits per heavy atom. The summed E-state index contributed by atoms with van der Waals surface area (Å²) in [6.45, 7) is 0. The minimum atomic E-state index is 0.294. The fourth-order valence-corrected chi connectivity index (χ4v) is 8.83. The monoisotopic (exact) mass is 636 g/mol. The van der Waals surface area contributed by atoms with Gasteiger partial charge >= 0.3 is 0 Å². The Bertz CT molecular complexity index is 2970. The van der Waals surface area contributed by atoms with E-state index in [0.717, 1.165) is 6.42 Å². The van der Waals surface area contributed by atoms with Crippen molar-refractivity contribution in [1.82, 2.24) is 9.13 Å². The molecule has 0 aliphatic heterocycles. The molecule has 0 spiro atoms. The molecular weight excluding hydrogens is 605 g/mol. The van der Waals surface area contributed by atoms with E-state index in [2.05, 4.69) is 185 Å². The van der Waals surface area contributed by atoms with E-state index in [0.29, 0.717) is 5.92 Å². The molecule has 234 valence electrons. The lowest BCUT2D eigenvalue weighted by molar-refractivity contribution is 0.827. The van der Waals surface area contributed by atoms with Gasteiger partial charge < -0.3 is 9.13 Å². The summed E-state index contributed by atoms with van der Waals surface area (Å²) >= 11 is 0. The molecule has 0 saturated carbocycles. The molecule has 2 heteroatoms. The number of allylic oxidation sites excluding steroid dienone is 1. The van der Waals surface area contributed by atoms with Crippen LogP contribution in [0, 0.1) is 0 Å². The van der Waals surface area contributed by atoms with E-state index in [-0.39, 0.29) is 0 Å². The van der Waals surface area contributed by atoms with E-state index in [4.69, 9.17) is 0 Å². The first kappa shape index (κ1) is 27.6. The molecule has 0 fully saturated rings. The average molecular weight is 637 g/mol. The molecule has 1 atom stereocenters. The molecule has 0 radical (unpaired) electrons. The van der Waals surface area contributed by atoms with Gasteiger partial charge in [-0.2, -0.15) is 0 Å². The van der Waals surface area contributed by atoms with Crippen molar-refractivity contribution in [2.45, 2.75) is 12.3 Å². The van der Waals surface area contributed by atoms with Crippen molar-refractivity contribution in [2.75, 3.05) is 0 Å². The Morgan fingerprint density at radius 1 is 0.380 bits per heavy atom. The molecule has 1 unspecified atom stereocenters. The normalized spacial score (nSPS) is 14.4. The summed E-state index contributed by atoms with van der Waals surface area (Å²) in [6, 6.07) is 60.3. The number of fused-ring (bicyclic) bond motifs is 12. The van der Waals surface area contributed by atoms with Gasteiger partial charge in [0.05, 0.1) is 16.6 Å². The maximum Gasteiger partial charge on any atom is 0.0542 e. The third-order valence-corrected chi connectivity index (χ3v) is 11.1. The zero-order valence-electron chi connectivity index (χ0n) is 27.4. The van der Waals surface area contributed by atoms with Crippen LogP contribution in [0.15, 0.2) is 170 Å². The molecule has 2 heterocycles. The average Bonchev–Trinajstić information content (AvgIpc) is 3.70. The SMILES string of the molecule is C1=CC(c2ccc3c4ccccc4c4ccccc4c3c2)Cc2c1n(-c1ccc3c(c1)c1ccccc1n3-c1ccccc1)c1ccccc21. The van der Waals surface area contributed by atoms with Gasteiger partial charge in [0.15, 0.2) is 0 Å². The maximum absolute atomic E-state index is 2.48. The van der Waals surface area contributed by atoms with Crippen molar-refractivity contribution in [3.05, 3.63) is 187 Å². The van der Waals surface area contributed by atoms with Crippen LogP contribution >= 0.6 is 0 Å². The van der Waals surface area contributed by atoms with Gasteiger partial charge in [-0.3, -0.25) is 0 Å². The van der Waals surface area contributed by atoms with Gasteiger partial charge in [0.2, 0.25) is 0 Å². The molecule has 0 amide bonds. The summed E-state index contributed by atoms with van der Waals surface area (Å²) in [7, 11) is 0. The number of rotatable bonds is 3. The lowest BCUT2D eigenvalue weighted by Crippen LogP contribution is -2.07. The Morgan fingerprint density at radius 3 is 1.66 bits per heavy atom. The second-order valence-electron chi connectivity index (χ2n) is 13.7. The van der Waals surface area contributed by atoms with E-state index < -0.39 is 0 Å². The first-order chi connectivity index (χ1) is 24.8. The van der Waals surface area contributed by atoms with Gasteiger partial charge in [0.25, 0.3) is 0 Å². The molecule has 0 saturated heterocycles. The standard InChI is InChI=1S/C48H32N2/c1-2-12-33(13-3-1)49-45-20-10-9-19-41(45)44-30-34(24-27-48(44)49)50-46-21-11-8-18-40(46)43-29-32(23-26-47(43)50)31-22-25-39-37-16-5-4-14-35(37)36-15-6-7-17-38(36)42(39)28-31/h1-28,30,32H,29H2. The van der Waals surface area contributed by atoms with Crippen LogP contribution in [0.1, 0.15) is 22.7 Å². The Kier molecular flexibility index (Phi) is 5.82. The largest absolute Gasteiger partial charge is 0.310 e. The van der Waals surface area contributed by atoms with Crippen LogP contribution < -0.4 is 0 Å². The van der Waals surface area contributed by atoms with Crippen LogP contribution in [0.2, 0.25) is 0 Å². The topological polar surface area (TPSA) is 9.86 Å². The summed E-state index contributed by atoms with van der Waals surface area (Å²) in [6.07, 6.45) is 5.78. The van der Waals surface area contributed by atoms with Crippen LogP contribution in [0.4, 0.5) is 0 Å². The van der Waals surface area contributed by atoms with Crippen molar-refractivity contribution < 1.29 is 0 Å². The van der Waals surface area contributed by atoms with Crippen LogP contribution in [-0.4, -0.2) is 9.13 Å². The fourth-order valence-electron chi connectivity index (χ4n) is 8.83. The van der Waals surface area contributed by atoms with E-state index in [1.807, 2.05) is 0 Å². The third-order valence-electron chi connectivity index (χ3n) is 11.1. The summed E-state index contributed by atoms with van der Waals surface area (Å²) in [5.74, 6) is 0.294. The summed E-state index contributed by atoms with van der Waals surface area (Å²) < 4.78 is 4.86. The van der Waals surface area contributed by atoms with Crippen LogP contribution in [0.3, 0.4) is 0 Å². The lowest BCUT2D eigenvalue weighted by atomic mass is 9.84. The molecule has 2 nitrogen and oxygen atoms in total. The first-order valence-electron chi connectivity index (χ1n) is 17.5. The number of hydrogen-bond acceptors (Lipinski definition) is 0. The Hall–Kier alpha value is -6.38.